The lowest BCUT2D eigenvalue weighted by Crippen LogP contribution is -2.27. The minimum absolute atomic E-state index is 0.00731. The van der Waals surface area contributed by atoms with Gasteiger partial charge in [-0.1, -0.05) is 11.6 Å². The molecule has 2 nitrogen and oxygen atoms in total. The van der Waals surface area contributed by atoms with Crippen LogP contribution in [0.3, 0.4) is 0 Å². The van der Waals surface area contributed by atoms with Crippen molar-refractivity contribution >= 4 is 55.0 Å². The van der Waals surface area contributed by atoms with Gasteiger partial charge in [-0.2, -0.15) is 0 Å². The molecule has 0 aliphatic heterocycles. The van der Waals surface area contributed by atoms with Crippen molar-refractivity contribution in [1.82, 2.24) is 5.43 Å². The molecule has 0 bridgehead atoms. The van der Waals surface area contributed by atoms with Crippen molar-refractivity contribution in [2.75, 3.05) is 0 Å². The molecule has 0 aliphatic carbocycles. The topological polar surface area (TPSA) is 38.0 Å². The number of hydrogen-bond donors (Lipinski definition) is 2. The maximum atomic E-state index is 6.16. The summed E-state index contributed by atoms with van der Waals surface area (Å²) in [5.74, 6) is 5.66. The molecule has 3 heterocycles. The molecule has 0 saturated heterocycles. The van der Waals surface area contributed by atoms with E-state index in [0.717, 1.165) is 9.90 Å². The molecule has 88 valence electrons. The number of nitrogens with two attached hydrogens (primary N) is 1. The molecule has 1 atom stereocenters. The molecule has 0 aliphatic rings. The summed E-state index contributed by atoms with van der Waals surface area (Å²) < 4.78 is 2.61. The van der Waals surface area contributed by atoms with Crippen LogP contribution in [0.2, 0.25) is 5.02 Å². The molecule has 0 radical (unpaired) electrons. The quantitative estimate of drug-likeness (QED) is 0.561. The third-order valence-corrected chi connectivity index (χ3v) is 6.10. The molecule has 3 rings (SSSR count). The normalized spacial score (nSPS) is 13.3. The number of nitrogens with one attached hydrogen (secondary N) is 1. The van der Waals surface area contributed by atoms with Gasteiger partial charge in [-0.05, 0) is 29.0 Å². The van der Waals surface area contributed by atoms with Crippen LogP contribution >= 0.6 is 45.6 Å². The van der Waals surface area contributed by atoms with Gasteiger partial charge in [0.15, 0.2) is 0 Å². The highest BCUT2D eigenvalue weighted by molar-refractivity contribution is 7.27. The Bertz CT molecular complexity index is 611. The van der Waals surface area contributed by atoms with E-state index < -0.39 is 0 Å². The second kappa shape index (κ2) is 4.68. The number of hydrazine groups is 1. The highest BCUT2D eigenvalue weighted by Gasteiger charge is 2.19. The van der Waals surface area contributed by atoms with Gasteiger partial charge in [0.1, 0.15) is 0 Å². The summed E-state index contributed by atoms with van der Waals surface area (Å²) in [6.45, 7) is 0. The predicted octanol–water partition coefficient (Wildman–Crippen LogP) is 4.23. The first kappa shape index (κ1) is 11.6. The van der Waals surface area contributed by atoms with E-state index >= 15 is 0 Å². The van der Waals surface area contributed by atoms with Gasteiger partial charge in [0.05, 0.1) is 11.1 Å². The van der Waals surface area contributed by atoms with E-state index in [-0.39, 0.29) is 6.04 Å². The van der Waals surface area contributed by atoms with Crippen molar-refractivity contribution in [3.05, 3.63) is 43.7 Å². The summed E-state index contributed by atoms with van der Waals surface area (Å²) in [5, 5.41) is 4.86. The lowest BCUT2D eigenvalue weighted by Gasteiger charge is -2.12. The Kier molecular flexibility index (Phi) is 3.21. The first-order valence-electron chi connectivity index (χ1n) is 4.95. The van der Waals surface area contributed by atoms with Gasteiger partial charge in [0.25, 0.3) is 0 Å². The van der Waals surface area contributed by atoms with Crippen LogP contribution in [0.4, 0.5) is 0 Å². The van der Waals surface area contributed by atoms with Crippen molar-refractivity contribution in [2.45, 2.75) is 6.04 Å². The molecule has 0 fully saturated rings. The number of hydrogen-bond acceptors (Lipinski definition) is 5. The van der Waals surface area contributed by atoms with E-state index in [1.165, 1.54) is 14.3 Å². The Balaban J connectivity index is 2.06. The van der Waals surface area contributed by atoms with Crippen LogP contribution in [0.25, 0.3) is 9.40 Å². The fourth-order valence-corrected chi connectivity index (χ4v) is 5.23. The maximum Gasteiger partial charge on any atom is 0.0910 e. The Labute approximate surface area is 116 Å². The van der Waals surface area contributed by atoms with E-state index in [0.29, 0.717) is 0 Å². The molecule has 17 heavy (non-hydrogen) atoms. The van der Waals surface area contributed by atoms with Crippen LogP contribution in [0.1, 0.15) is 15.8 Å². The standard InChI is InChI=1S/C11H9ClN2S3/c12-6-1-3-16-11(6)10(14-13)9-5-8-7(17-9)2-4-15-8/h1-5,10,14H,13H2. The fraction of sp³-hybridized carbons (Fsp3) is 0.0909. The van der Waals surface area contributed by atoms with Gasteiger partial charge < -0.3 is 0 Å². The molecule has 0 aromatic carbocycles. The van der Waals surface area contributed by atoms with Gasteiger partial charge in [0, 0.05) is 19.2 Å². The van der Waals surface area contributed by atoms with Crippen molar-refractivity contribution in [1.29, 1.82) is 0 Å². The summed E-state index contributed by atoms with van der Waals surface area (Å²) in [5.41, 5.74) is 2.85. The van der Waals surface area contributed by atoms with Crippen LogP contribution in [-0.4, -0.2) is 0 Å². The molecule has 3 N–H and O–H groups in total. The second-order valence-corrected chi connectivity index (χ2v) is 6.95. The third-order valence-electron chi connectivity index (χ3n) is 2.52. The lowest BCUT2D eigenvalue weighted by atomic mass is 10.2. The zero-order chi connectivity index (χ0) is 11.8. The largest absolute Gasteiger partial charge is 0.271 e. The summed E-state index contributed by atoms with van der Waals surface area (Å²) in [7, 11) is 0. The van der Waals surface area contributed by atoms with E-state index in [1.54, 1.807) is 34.0 Å². The first-order valence-corrected chi connectivity index (χ1v) is 7.91. The van der Waals surface area contributed by atoms with Crippen LogP contribution in [0, 0.1) is 0 Å². The zero-order valence-electron chi connectivity index (χ0n) is 8.64. The fourth-order valence-electron chi connectivity index (χ4n) is 1.73. The molecule has 6 heteroatoms. The zero-order valence-corrected chi connectivity index (χ0v) is 11.8. The maximum absolute atomic E-state index is 6.16. The first-order chi connectivity index (χ1) is 8.29. The lowest BCUT2D eigenvalue weighted by molar-refractivity contribution is 0.657. The number of fused-ring (bicyclic) bond motifs is 1. The van der Waals surface area contributed by atoms with Crippen molar-refractivity contribution in [2.24, 2.45) is 5.84 Å². The molecule has 0 spiro atoms. The van der Waals surface area contributed by atoms with E-state index in [4.69, 9.17) is 17.4 Å². The highest BCUT2D eigenvalue weighted by atomic mass is 35.5. The van der Waals surface area contributed by atoms with Crippen LogP contribution < -0.4 is 11.3 Å². The Morgan fingerprint density at radius 2 is 2.00 bits per heavy atom. The van der Waals surface area contributed by atoms with Crippen molar-refractivity contribution in [3.63, 3.8) is 0 Å². The molecule has 1 unspecified atom stereocenters. The van der Waals surface area contributed by atoms with E-state index in [2.05, 4.69) is 22.9 Å². The molecule has 0 amide bonds. The third kappa shape index (κ3) is 2.03. The van der Waals surface area contributed by atoms with Crippen LogP contribution in [0.15, 0.2) is 29.0 Å². The second-order valence-electron chi connectivity index (χ2n) is 3.53. The highest BCUT2D eigenvalue weighted by Crippen LogP contribution is 2.39. The summed E-state index contributed by atoms with van der Waals surface area (Å²) in [6, 6.07) is 6.22. The summed E-state index contributed by atoms with van der Waals surface area (Å²) in [6.07, 6.45) is 0. The van der Waals surface area contributed by atoms with Gasteiger partial charge >= 0.3 is 0 Å². The molecular formula is C11H9ClN2S3. The smallest absolute Gasteiger partial charge is 0.0910 e. The van der Waals surface area contributed by atoms with Gasteiger partial charge in [0.2, 0.25) is 0 Å². The Hall–Kier alpha value is -0.430. The monoisotopic (exact) mass is 300 g/mol. The Morgan fingerprint density at radius 3 is 2.65 bits per heavy atom. The number of thiophene rings is 3. The average Bonchev–Trinajstić information content (AvgIpc) is 2.96. The van der Waals surface area contributed by atoms with Crippen LogP contribution in [0.5, 0.6) is 0 Å². The number of halogens is 1. The predicted molar refractivity (Wildman–Crippen MR) is 78.2 cm³/mol. The number of rotatable bonds is 3. The molecule has 3 aromatic heterocycles. The summed E-state index contributed by atoms with van der Waals surface area (Å²) in [4.78, 5) is 2.28. The molecular weight excluding hydrogens is 292 g/mol. The average molecular weight is 301 g/mol. The Morgan fingerprint density at radius 1 is 1.18 bits per heavy atom. The minimum Gasteiger partial charge on any atom is -0.271 e. The van der Waals surface area contributed by atoms with Crippen molar-refractivity contribution < 1.29 is 0 Å². The SMILES string of the molecule is NNC(c1cc2sccc2s1)c1sccc1Cl. The van der Waals surface area contributed by atoms with Gasteiger partial charge in [-0.15, -0.1) is 34.0 Å². The summed E-state index contributed by atoms with van der Waals surface area (Å²) >= 11 is 11.3. The molecule has 3 aromatic rings. The van der Waals surface area contributed by atoms with Crippen molar-refractivity contribution in [3.8, 4) is 0 Å². The van der Waals surface area contributed by atoms with E-state index in [9.17, 15) is 0 Å². The van der Waals surface area contributed by atoms with Gasteiger partial charge in [-0.25, -0.2) is 5.43 Å². The minimum atomic E-state index is -0.00731. The van der Waals surface area contributed by atoms with Gasteiger partial charge in [-0.3, -0.25) is 5.84 Å². The molecule has 0 saturated carbocycles. The van der Waals surface area contributed by atoms with Crippen LogP contribution in [-0.2, 0) is 0 Å². The van der Waals surface area contributed by atoms with E-state index in [1.807, 2.05) is 11.4 Å².